The fourth-order valence-electron chi connectivity index (χ4n) is 2.40. The summed E-state index contributed by atoms with van der Waals surface area (Å²) in [4.78, 5) is 26.7. The van der Waals surface area contributed by atoms with Gasteiger partial charge in [0, 0.05) is 6.42 Å². The molecule has 0 saturated carbocycles. The smallest absolute Gasteiger partial charge is 0.335 e. The highest BCUT2D eigenvalue weighted by atomic mass is 16.5. The van der Waals surface area contributed by atoms with Gasteiger partial charge in [-0.2, -0.15) is 5.10 Å². The van der Waals surface area contributed by atoms with E-state index in [1.807, 2.05) is 0 Å². The average molecular weight is 332 g/mol. The van der Waals surface area contributed by atoms with Gasteiger partial charge in [0.15, 0.2) is 0 Å². The molecule has 1 aliphatic rings. The maximum Gasteiger partial charge on any atom is 0.335 e. The van der Waals surface area contributed by atoms with E-state index in [0.29, 0.717) is 25.4 Å². The molecule has 1 aliphatic heterocycles. The minimum atomic E-state index is -0.996. The maximum absolute atomic E-state index is 12.1. The number of carboxylic acid groups (broad SMARTS) is 1. The van der Waals surface area contributed by atoms with Gasteiger partial charge in [-0.1, -0.05) is 0 Å². The Bertz CT molecular complexity index is 701. The molecule has 2 heterocycles. The molecule has 0 bridgehead atoms. The third-order valence-corrected chi connectivity index (χ3v) is 3.63. The van der Waals surface area contributed by atoms with Crippen LogP contribution in [0.25, 0.3) is 0 Å². The predicted molar refractivity (Wildman–Crippen MR) is 80.9 cm³/mol. The van der Waals surface area contributed by atoms with Gasteiger partial charge in [0.1, 0.15) is 18.2 Å². The Morgan fingerprint density at radius 2 is 2.12 bits per heavy atom. The van der Waals surface area contributed by atoms with Crippen LogP contribution in [0.2, 0.25) is 0 Å². The van der Waals surface area contributed by atoms with Crippen molar-refractivity contribution in [2.24, 2.45) is 0 Å². The second-order valence-corrected chi connectivity index (χ2v) is 5.26. The summed E-state index contributed by atoms with van der Waals surface area (Å²) in [5, 5.41) is 17.8. The molecular weight excluding hydrogens is 316 g/mol. The zero-order valence-electron chi connectivity index (χ0n) is 12.6. The highest BCUT2D eigenvalue weighted by Crippen LogP contribution is 2.19. The summed E-state index contributed by atoms with van der Waals surface area (Å²) >= 11 is 0. The molecule has 0 aliphatic carbocycles. The molecule has 1 amide bonds. The predicted octanol–water partition coefficient (Wildman–Crippen LogP) is 0.469. The Labute approximate surface area is 137 Å². The van der Waals surface area contributed by atoms with Crippen molar-refractivity contribution < 1.29 is 24.2 Å². The number of rotatable bonds is 5. The van der Waals surface area contributed by atoms with E-state index in [-0.39, 0.29) is 23.5 Å². The number of hydrogen-bond acceptors (Lipinski definition) is 6. The molecule has 3 N–H and O–H groups in total. The third-order valence-electron chi connectivity index (χ3n) is 3.63. The van der Waals surface area contributed by atoms with E-state index in [4.69, 9.17) is 14.6 Å². The van der Waals surface area contributed by atoms with Crippen LogP contribution in [0, 0.1) is 0 Å². The number of aromatic amines is 1. The lowest BCUT2D eigenvalue weighted by atomic mass is 10.1. The van der Waals surface area contributed by atoms with Crippen molar-refractivity contribution in [2.45, 2.75) is 18.6 Å². The second-order valence-electron chi connectivity index (χ2n) is 5.26. The number of carboxylic acids is 1. The van der Waals surface area contributed by atoms with Crippen molar-refractivity contribution >= 4 is 11.9 Å². The van der Waals surface area contributed by atoms with Crippen molar-refractivity contribution in [3.63, 3.8) is 0 Å². The standard InChI is InChI=1S/C15H16N4O5/c20-14(13-16-8-17-19-13)18-11-7-23-6-5-12(11)24-10-3-1-9(2-4-10)15(21)22/h1-4,8,11-12H,5-7H2,(H,18,20)(H,21,22)(H,16,17,19)/t11-,12-/m1/s1. The van der Waals surface area contributed by atoms with Crippen LogP contribution in [-0.4, -0.2) is 57.5 Å². The maximum atomic E-state index is 12.1. The largest absolute Gasteiger partial charge is 0.488 e. The van der Waals surface area contributed by atoms with E-state index in [1.54, 1.807) is 12.1 Å². The van der Waals surface area contributed by atoms with Gasteiger partial charge < -0.3 is 19.9 Å². The SMILES string of the molecule is O=C(O)c1ccc(O[C@@H]2CCOC[C@H]2NC(=O)c2ncn[nH]2)cc1. The molecule has 0 unspecified atom stereocenters. The van der Waals surface area contributed by atoms with E-state index in [2.05, 4.69) is 20.5 Å². The second kappa shape index (κ2) is 7.09. The number of ether oxygens (including phenoxy) is 2. The van der Waals surface area contributed by atoms with Crippen molar-refractivity contribution in [3.8, 4) is 5.75 Å². The van der Waals surface area contributed by atoms with Gasteiger partial charge in [-0.3, -0.25) is 9.89 Å². The fourth-order valence-corrected chi connectivity index (χ4v) is 2.40. The summed E-state index contributed by atoms with van der Waals surface area (Å²) in [6, 6.07) is 5.77. The first kappa shape index (κ1) is 15.9. The Morgan fingerprint density at radius 1 is 1.33 bits per heavy atom. The van der Waals surface area contributed by atoms with E-state index >= 15 is 0 Å². The minimum Gasteiger partial charge on any atom is -0.488 e. The molecule has 1 saturated heterocycles. The topological polar surface area (TPSA) is 126 Å². The highest BCUT2D eigenvalue weighted by Gasteiger charge is 2.30. The quantitative estimate of drug-likeness (QED) is 0.726. The van der Waals surface area contributed by atoms with Gasteiger partial charge in [0.05, 0.1) is 24.8 Å². The number of carbonyl (C=O) groups is 2. The first-order valence-electron chi connectivity index (χ1n) is 7.37. The number of nitrogens with one attached hydrogen (secondary N) is 2. The molecule has 0 radical (unpaired) electrons. The van der Waals surface area contributed by atoms with E-state index in [1.165, 1.54) is 18.5 Å². The monoisotopic (exact) mass is 332 g/mol. The molecule has 1 aromatic carbocycles. The molecule has 1 aromatic heterocycles. The van der Waals surface area contributed by atoms with Gasteiger partial charge in [-0.15, -0.1) is 0 Å². The van der Waals surface area contributed by atoms with Gasteiger partial charge in [0.2, 0.25) is 5.82 Å². The Balaban J connectivity index is 1.65. The van der Waals surface area contributed by atoms with Crippen LogP contribution in [0.15, 0.2) is 30.6 Å². The van der Waals surface area contributed by atoms with Crippen LogP contribution in [0.3, 0.4) is 0 Å². The van der Waals surface area contributed by atoms with Crippen LogP contribution in [0.5, 0.6) is 5.75 Å². The molecule has 0 spiro atoms. The number of nitrogens with zero attached hydrogens (tertiary/aromatic N) is 2. The molecular formula is C15H16N4O5. The minimum absolute atomic E-state index is 0.116. The van der Waals surface area contributed by atoms with E-state index in [9.17, 15) is 9.59 Å². The summed E-state index contributed by atoms with van der Waals surface area (Å²) in [7, 11) is 0. The summed E-state index contributed by atoms with van der Waals surface area (Å²) in [5.74, 6) is -0.737. The zero-order chi connectivity index (χ0) is 16.9. The molecule has 24 heavy (non-hydrogen) atoms. The molecule has 9 nitrogen and oxygen atoms in total. The zero-order valence-corrected chi connectivity index (χ0v) is 12.6. The number of hydrogen-bond donors (Lipinski definition) is 3. The lowest BCUT2D eigenvalue weighted by Crippen LogP contribution is -2.52. The normalized spacial score (nSPS) is 20.3. The molecule has 2 atom stereocenters. The third kappa shape index (κ3) is 3.69. The Hall–Kier alpha value is -2.94. The lowest BCUT2D eigenvalue weighted by Gasteiger charge is -2.32. The highest BCUT2D eigenvalue weighted by molar-refractivity contribution is 5.90. The van der Waals surface area contributed by atoms with Crippen LogP contribution in [0.1, 0.15) is 27.4 Å². The van der Waals surface area contributed by atoms with E-state index < -0.39 is 11.9 Å². The Morgan fingerprint density at radius 3 is 2.79 bits per heavy atom. The summed E-state index contributed by atoms with van der Waals surface area (Å²) in [6.45, 7) is 0.838. The number of benzene rings is 1. The number of carbonyl (C=O) groups excluding carboxylic acids is 1. The first-order valence-corrected chi connectivity index (χ1v) is 7.37. The molecule has 126 valence electrons. The van der Waals surface area contributed by atoms with E-state index in [0.717, 1.165) is 0 Å². The summed E-state index contributed by atoms with van der Waals surface area (Å²) in [6.07, 6.45) is 1.56. The number of amides is 1. The van der Waals surface area contributed by atoms with Crippen LogP contribution in [0.4, 0.5) is 0 Å². The molecule has 3 rings (SSSR count). The van der Waals surface area contributed by atoms with Crippen LogP contribution >= 0.6 is 0 Å². The lowest BCUT2D eigenvalue weighted by molar-refractivity contribution is -0.00301. The first-order chi connectivity index (χ1) is 11.6. The summed E-state index contributed by atoms with van der Waals surface area (Å²) < 4.78 is 11.3. The number of aromatic nitrogens is 3. The fraction of sp³-hybridized carbons (Fsp3) is 0.333. The van der Waals surface area contributed by atoms with Crippen molar-refractivity contribution in [3.05, 3.63) is 42.0 Å². The van der Waals surface area contributed by atoms with Crippen molar-refractivity contribution in [2.75, 3.05) is 13.2 Å². The van der Waals surface area contributed by atoms with Gasteiger partial charge in [-0.05, 0) is 24.3 Å². The van der Waals surface area contributed by atoms with Gasteiger partial charge >= 0.3 is 5.97 Å². The number of aromatic carboxylic acids is 1. The molecule has 1 fully saturated rings. The van der Waals surface area contributed by atoms with Crippen molar-refractivity contribution in [1.82, 2.24) is 20.5 Å². The van der Waals surface area contributed by atoms with Crippen LogP contribution in [-0.2, 0) is 4.74 Å². The Kier molecular flexibility index (Phi) is 4.71. The van der Waals surface area contributed by atoms with Crippen LogP contribution < -0.4 is 10.1 Å². The van der Waals surface area contributed by atoms with Gasteiger partial charge in [0.25, 0.3) is 5.91 Å². The summed E-state index contributed by atoms with van der Waals surface area (Å²) in [5.41, 5.74) is 0.185. The molecule has 9 heteroatoms. The van der Waals surface area contributed by atoms with Gasteiger partial charge in [-0.25, -0.2) is 9.78 Å². The number of H-pyrrole nitrogens is 1. The molecule has 2 aromatic rings. The van der Waals surface area contributed by atoms with Crippen molar-refractivity contribution in [1.29, 1.82) is 0 Å². The average Bonchev–Trinajstić information content (AvgIpc) is 3.12.